The number of H-pyrrole nitrogens is 1. The van der Waals surface area contributed by atoms with Gasteiger partial charge in [0.2, 0.25) is 0 Å². The Labute approximate surface area is 157 Å². The Kier molecular flexibility index (Phi) is 3.84. The molecule has 0 saturated heterocycles. The molecule has 2 saturated carbocycles. The molecule has 0 aliphatic heterocycles. The summed E-state index contributed by atoms with van der Waals surface area (Å²) in [5.74, 6) is 0.414. The Morgan fingerprint density at radius 2 is 2.11 bits per heavy atom. The van der Waals surface area contributed by atoms with Crippen molar-refractivity contribution < 1.29 is 4.79 Å². The minimum absolute atomic E-state index is 0.0811. The predicted octanol–water partition coefficient (Wildman–Crippen LogP) is 2.05. The predicted molar refractivity (Wildman–Crippen MR) is 103 cm³/mol. The van der Waals surface area contributed by atoms with Crippen molar-refractivity contribution in [1.29, 1.82) is 0 Å². The van der Waals surface area contributed by atoms with Crippen LogP contribution in [0.25, 0.3) is 11.0 Å². The van der Waals surface area contributed by atoms with E-state index in [1.165, 1.54) is 23.3 Å². The summed E-state index contributed by atoms with van der Waals surface area (Å²) in [4.78, 5) is 43.5. The van der Waals surface area contributed by atoms with E-state index in [1.54, 1.807) is 6.92 Å². The second kappa shape index (κ2) is 5.78. The molecule has 1 amide bonds. The van der Waals surface area contributed by atoms with E-state index in [2.05, 4.69) is 36.1 Å². The lowest BCUT2D eigenvalue weighted by Gasteiger charge is -2.39. The van der Waals surface area contributed by atoms with Gasteiger partial charge in [0, 0.05) is 18.8 Å². The Bertz CT molecular complexity index is 1050. The lowest BCUT2D eigenvalue weighted by atomic mass is 9.69. The number of rotatable bonds is 3. The fraction of sp³-hybridized carbons (Fsp3) is 0.600. The molecule has 7 nitrogen and oxygen atoms in total. The van der Waals surface area contributed by atoms with Gasteiger partial charge < -0.3 is 5.32 Å². The normalized spacial score (nSPS) is 28.6. The largest absolute Gasteiger partial charge is 0.349 e. The number of amides is 1. The number of carbonyl (C=O) groups is 1. The average molecular weight is 370 g/mol. The SMILES string of the molecule is CCn1c(=O)[nH]c(=O)c2cc(C(=O)N[C@@H]3C[C@H]4CC[C@@]3(C)C4(C)C)cnc21. The summed E-state index contributed by atoms with van der Waals surface area (Å²) >= 11 is 0. The highest BCUT2D eigenvalue weighted by Gasteiger charge is 2.61. The number of nitrogens with zero attached hydrogens (tertiary/aromatic N) is 2. The number of fused-ring (bicyclic) bond motifs is 3. The molecule has 0 spiro atoms. The van der Waals surface area contributed by atoms with Crippen molar-refractivity contribution >= 4 is 16.9 Å². The summed E-state index contributed by atoms with van der Waals surface area (Å²) in [6, 6.07) is 1.65. The van der Waals surface area contributed by atoms with Gasteiger partial charge in [-0.2, -0.15) is 0 Å². The van der Waals surface area contributed by atoms with E-state index in [9.17, 15) is 14.4 Å². The van der Waals surface area contributed by atoms with Crippen molar-refractivity contribution in [1.82, 2.24) is 19.9 Å². The first-order valence-corrected chi connectivity index (χ1v) is 9.63. The summed E-state index contributed by atoms with van der Waals surface area (Å²) in [7, 11) is 0. The number of aromatic nitrogens is 3. The van der Waals surface area contributed by atoms with E-state index in [1.807, 2.05) is 0 Å². The van der Waals surface area contributed by atoms with Crippen molar-refractivity contribution in [2.75, 3.05) is 0 Å². The number of carbonyl (C=O) groups excluding carboxylic acids is 1. The van der Waals surface area contributed by atoms with Crippen molar-refractivity contribution in [3.8, 4) is 0 Å². The molecule has 0 aromatic carbocycles. The molecule has 27 heavy (non-hydrogen) atoms. The van der Waals surface area contributed by atoms with Crippen molar-refractivity contribution in [2.24, 2.45) is 16.7 Å². The highest BCUT2D eigenvalue weighted by molar-refractivity contribution is 5.97. The summed E-state index contributed by atoms with van der Waals surface area (Å²) in [6.45, 7) is 9.07. The van der Waals surface area contributed by atoms with Gasteiger partial charge in [-0.25, -0.2) is 9.78 Å². The van der Waals surface area contributed by atoms with Crippen LogP contribution in [0.2, 0.25) is 0 Å². The quantitative estimate of drug-likeness (QED) is 0.864. The minimum Gasteiger partial charge on any atom is -0.349 e. The fourth-order valence-electron chi connectivity index (χ4n) is 5.25. The number of hydrogen-bond donors (Lipinski definition) is 2. The first-order valence-electron chi connectivity index (χ1n) is 9.63. The standard InChI is InChI=1S/C20H26N4O3/c1-5-24-15-13(17(26)23-18(24)27)8-11(10-21-15)16(25)22-14-9-12-6-7-20(14,4)19(12,2)3/h8,10,12,14H,5-7,9H2,1-4H3,(H,22,25)(H,23,26,27)/t12-,14-,20-/m1/s1. The first-order chi connectivity index (χ1) is 12.7. The van der Waals surface area contributed by atoms with Crippen LogP contribution in [0.5, 0.6) is 0 Å². The maximum absolute atomic E-state index is 12.9. The molecule has 4 rings (SSSR count). The van der Waals surface area contributed by atoms with Crippen LogP contribution in [-0.4, -0.2) is 26.5 Å². The zero-order chi connectivity index (χ0) is 19.6. The van der Waals surface area contributed by atoms with Gasteiger partial charge in [0.15, 0.2) is 0 Å². The van der Waals surface area contributed by atoms with Gasteiger partial charge in [0.05, 0.1) is 10.9 Å². The summed E-state index contributed by atoms with van der Waals surface area (Å²) in [5.41, 5.74) is -0.0698. The summed E-state index contributed by atoms with van der Waals surface area (Å²) in [5, 5.41) is 3.44. The van der Waals surface area contributed by atoms with Gasteiger partial charge in [-0.1, -0.05) is 20.8 Å². The molecule has 2 bridgehead atoms. The van der Waals surface area contributed by atoms with Crippen molar-refractivity contribution in [2.45, 2.75) is 59.5 Å². The van der Waals surface area contributed by atoms with Crippen LogP contribution in [0, 0.1) is 16.7 Å². The number of aromatic amines is 1. The zero-order valence-electron chi connectivity index (χ0n) is 16.3. The van der Waals surface area contributed by atoms with Gasteiger partial charge >= 0.3 is 5.69 Å². The number of hydrogen-bond acceptors (Lipinski definition) is 4. The number of aryl methyl sites for hydroxylation is 1. The maximum atomic E-state index is 12.9. The maximum Gasteiger partial charge on any atom is 0.329 e. The lowest BCUT2D eigenvalue weighted by Crippen LogP contribution is -2.46. The second-order valence-electron chi connectivity index (χ2n) is 8.74. The van der Waals surface area contributed by atoms with Crippen LogP contribution in [0.4, 0.5) is 0 Å². The molecule has 2 heterocycles. The van der Waals surface area contributed by atoms with Crippen LogP contribution < -0.4 is 16.6 Å². The highest BCUT2D eigenvalue weighted by Crippen LogP contribution is 2.65. The van der Waals surface area contributed by atoms with E-state index in [0.717, 1.165) is 12.8 Å². The minimum atomic E-state index is -0.519. The van der Waals surface area contributed by atoms with E-state index in [-0.39, 0.29) is 28.2 Å². The van der Waals surface area contributed by atoms with E-state index < -0.39 is 11.2 Å². The van der Waals surface area contributed by atoms with E-state index >= 15 is 0 Å². The van der Waals surface area contributed by atoms with Gasteiger partial charge in [-0.3, -0.25) is 19.1 Å². The Balaban J connectivity index is 1.67. The van der Waals surface area contributed by atoms with E-state index in [0.29, 0.717) is 23.7 Å². The summed E-state index contributed by atoms with van der Waals surface area (Å²) < 4.78 is 1.39. The average Bonchev–Trinajstić information content (AvgIpc) is 2.95. The Morgan fingerprint density at radius 1 is 1.37 bits per heavy atom. The molecule has 0 unspecified atom stereocenters. The van der Waals surface area contributed by atoms with Crippen LogP contribution >= 0.6 is 0 Å². The molecule has 7 heteroatoms. The number of pyridine rings is 1. The third-order valence-corrected chi connectivity index (χ3v) is 7.51. The third-order valence-electron chi connectivity index (χ3n) is 7.51. The topological polar surface area (TPSA) is 96.9 Å². The van der Waals surface area contributed by atoms with Crippen LogP contribution in [-0.2, 0) is 6.54 Å². The highest BCUT2D eigenvalue weighted by atomic mass is 16.2. The lowest BCUT2D eigenvalue weighted by molar-refractivity contribution is 0.0826. The van der Waals surface area contributed by atoms with Crippen molar-refractivity contribution in [3.05, 3.63) is 38.7 Å². The van der Waals surface area contributed by atoms with Crippen LogP contribution in [0.3, 0.4) is 0 Å². The van der Waals surface area contributed by atoms with Gasteiger partial charge in [0.25, 0.3) is 11.5 Å². The van der Waals surface area contributed by atoms with Gasteiger partial charge in [-0.15, -0.1) is 0 Å². The molecule has 144 valence electrons. The fourth-order valence-corrected chi connectivity index (χ4v) is 5.25. The first kappa shape index (κ1) is 17.9. The molecule has 2 aromatic heterocycles. The molecule has 2 aliphatic carbocycles. The van der Waals surface area contributed by atoms with Crippen LogP contribution in [0.1, 0.15) is 57.3 Å². The number of nitrogens with one attached hydrogen (secondary N) is 2. The molecule has 2 aromatic rings. The molecular formula is C20H26N4O3. The zero-order valence-corrected chi connectivity index (χ0v) is 16.3. The van der Waals surface area contributed by atoms with Crippen LogP contribution in [0.15, 0.2) is 21.9 Å². The molecule has 2 fully saturated rings. The molecule has 2 aliphatic rings. The molecular weight excluding hydrogens is 344 g/mol. The third kappa shape index (κ3) is 2.40. The Morgan fingerprint density at radius 3 is 2.70 bits per heavy atom. The van der Waals surface area contributed by atoms with Gasteiger partial charge in [0.1, 0.15) is 5.65 Å². The molecule has 3 atom stereocenters. The Hall–Kier alpha value is -2.44. The van der Waals surface area contributed by atoms with Gasteiger partial charge in [-0.05, 0) is 49.0 Å². The monoisotopic (exact) mass is 370 g/mol. The molecule has 0 radical (unpaired) electrons. The smallest absolute Gasteiger partial charge is 0.329 e. The van der Waals surface area contributed by atoms with E-state index in [4.69, 9.17) is 0 Å². The second-order valence-corrected chi connectivity index (χ2v) is 8.74. The molecule has 2 N–H and O–H groups in total. The van der Waals surface area contributed by atoms with Crippen molar-refractivity contribution in [3.63, 3.8) is 0 Å². The summed E-state index contributed by atoms with van der Waals surface area (Å²) in [6.07, 6.45) is 4.78.